The molecular weight excluding hydrogens is 290 g/mol. The highest BCUT2D eigenvalue weighted by Gasteiger charge is 2.18. The third kappa shape index (κ3) is 3.43. The first-order chi connectivity index (χ1) is 10.2. The van der Waals surface area contributed by atoms with E-state index in [-0.39, 0.29) is 5.91 Å². The molecule has 7 heteroatoms. The number of anilines is 1. The zero-order valence-electron chi connectivity index (χ0n) is 12.1. The third-order valence-electron chi connectivity index (χ3n) is 2.85. The van der Waals surface area contributed by atoms with Crippen LogP contribution in [0.1, 0.15) is 16.1 Å². The monoisotopic (exact) mass is 307 g/mol. The first-order valence-corrected chi connectivity index (χ1v) is 7.19. The third-order valence-corrected chi connectivity index (χ3v) is 3.76. The van der Waals surface area contributed by atoms with Gasteiger partial charge in [-0.3, -0.25) is 4.79 Å². The van der Waals surface area contributed by atoms with Crippen molar-refractivity contribution in [2.45, 2.75) is 6.54 Å². The van der Waals surface area contributed by atoms with E-state index in [2.05, 4.69) is 15.6 Å². The minimum Gasteiger partial charge on any atom is -0.496 e. The van der Waals surface area contributed by atoms with Crippen LogP contribution in [0, 0.1) is 0 Å². The van der Waals surface area contributed by atoms with Crippen LogP contribution in [0.3, 0.4) is 0 Å². The summed E-state index contributed by atoms with van der Waals surface area (Å²) >= 11 is 1.49. The Hall–Kier alpha value is -2.28. The van der Waals surface area contributed by atoms with E-state index in [1.807, 2.05) is 5.38 Å². The van der Waals surface area contributed by atoms with Crippen molar-refractivity contribution in [3.05, 3.63) is 34.8 Å². The summed E-state index contributed by atoms with van der Waals surface area (Å²) in [6.07, 6.45) is 0. The number of hydrogen-bond donors (Lipinski definition) is 2. The molecule has 21 heavy (non-hydrogen) atoms. The van der Waals surface area contributed by atoms with Crippen LogP contribution in [0.4, 0.5) is 5.13 Å². The largest absolute Gasteiger partial charge is 0.496 e. The number of methoxy groups -OCH3 is 2. The zero-order valence-corrected chi connectivity index (χ0v) is 12.9. The molecule has 6 nitrogen and oxygen atoms in total. The average Bonchev–Trinajstić information content (AvgIpc) is 2.99. The summed E-state index contributed by atoms with van der Waals surface area (Å²) in [5, 5.41) is 8.49. The molecule has 1 aromatic heterocycles. The molecule has 0 bridgehead atoms. The van der Waals surface area contributed by atoms with Crippen LogP contribution >= 0.6 is 11.3 Å². The fourth-order valence-electron chi connectivity index (χ4n) is 1.84. The number of carbonyl (C=O) groups excluding carboxylic acids is 1. The highest BCUT2D eigenvalue weighted by Crippen LogP contribution is 2.28. The van der Waals surface area contributed by atoms with Gasteiger partial charge in [-0.05, 0) is 12.1 Å². The maximum Gasteiger partial charge on any atom is 0.259 e. The Labute approximate surface area is 127 Å². The minimum atomic E-state index is -0.261. The van der Waals surface area contributed by atoms with Gasteiger partial charge < -0.3 is 20.1 Å². The van der Waals surface area contributed by atoms with Crippen LogP contribution in [-0.2, 0) is 6.54 Å². The summed E-state index contributed by atoms with van der Waals surface area (Å²) in [7, 11) is 4.84. The quantitative estimate of drug-likeness (QED) is 0.855. The Morgan fingerprint density at radius 3 is 2.48 bits per heavy atom. The van der Waals surface area contributed by atoms with Gasteiger partial charge in [-0.25, -0.2) is 4.98 Å². The Morgan fingerprint density at radius 2 is 1.95 bits per heavy atom. The maximum absolute atomic E-state index is 12.3. The summed E-state index contributed by atoms with van der Waals surface area (Å²) in [6, 6.07) is 5.22. The zero-order chi connectivity index (χ0) is 15.2. The Kier molecular flexibility index (Phi) is 4.99. The number of carbonyl (C=O) groups is 1. The molecule has 2 N–H and O–H groups in total. The van der Waals surface area contributed by atoms with Gasteiger partial charge in [-0.1, -0.05) is 6.07 Å². The molecule has 2 aromatic rings. The van der Waals surface area contributed by atoms with Crippen molar-refractivity contribution in [1.29, 1.82) is 0 Å². The number of nitrogens with zero attached hydrogens (tertiary/aromatic N) is 1. The van der Waals surface area contributed by atoms with Crippen molar-refractivity contribution in [3.8, 4) is 11.5 Å². The van der Waals surface area contributed by atoms with Crippen LogP contribution in [0.15, 0.2) is 23.6 Å². The van der Waals surface area contributed by atoms with Gasteiger partial charge in [0.15, 0.2) is 5.13 Å². The predicted molar refractivity (Wildman–Crippen MR) is 82.4 cm³/mol. The summed E-state index contributed by atoms with van der Waals surface area (Å²) in [5.41, 5.74) is 1.18. The van der Waals surface area contributed by atoms with Crippen LogP contribution in [0.5, 0.6) is 11.5 Å². The summed E-state index contributed by atoms with van der Waals surface area (Å²) < 4.78 is 10.4. The normalized spacial score (nSPS) is 10.0. The van der Waals surface area contributed by atoms with E-state index >= 15 is 0 Å². The number of hydrogen-bond acceptors (Lipinski definition) is 6. The number of benzene rings is 1. The Balaban J connectivity index is 2.13. The molecule has 0 unspecified atom stereocenters. The molecule has 0 radical (unpaired) electrons. The molecule has 1 heterocycles. The van der Waals surface area contributed by atoms with Crippen LogP contribution < -0.4 is 20.1 Å². The average molecular weight is 307 g/mol. The molecule has 112 valence electrons. The molecule has 0 spiro atoms. The van der Waals surface area contributed by atoms with Crippen molar-refractivity contribution in [2.24, 2.45) is 0 Å². The molecule has 2 rings (SSSR count). The number of thiazole rings is 1. The molecule has 0 aliphatic heterocycles. The van der Waals surface area contributed by atoms with E-state index in [1.54, 1.807) is 25.2 Å². The summed E-state index contributed by atoms with van der Waals surface area (Å²) in [6.45, 7) is 0.345. The molecule has 0 atom stereocenters. The second kappa shape index (κ2) is 6.94. The lowest BCUT2D eigenvalue weighted by atomic mass is 10.1. The van der Waals surface area contributed by atoms with E-state index in [0.717, 1.165) is 10.8 Å². The van der Waals surface area contributed by atoms with Gasteiger partial charge in [-0.15, -0.1) is 11.3 Å². The van der Waals surface area contributed by atoms with Crippen molar-refractivity contribution >= 4 is 22.4 Å². The minimum absolute atomic E-state index is 0.261. The lowest BCUT2D eigenvalue weighted by molar-refractivity contribution is 0.0944. The smallest absolute Gasteiger partial charge is 0.259 e. The van der Waals surface area contributed by atoms with E-state index < -0.39 is 0 Å². The van der Waals surface area contributed by atoms with Crippen LogP contribution in [0.25, 0.3) is 0 Å². The highest BCUT2D eigenvalue weighted by molar-refractivity contribution is 7.13. The van der Waals surface area contributed by atoms with Crippen LogP contribution in [0.2, 0.25) is 0 Å². The van der Waals surface area contributed by atoms with Gasteiger partial charge in [0.1, 0.15) is 17.1 Å². The lowest BCUT2D eigenvalue weighted by Crippen LogP contribution is -2.24. The number of ether oxygens (including phenoxy) is 2. The van der Waals surface area contributed by atoms with Gasteiger partial charge in [0.25, 0.3) is 5.91 Å². The molecule has 0 saturated heterocycles. The predicted octanol–water partition coefficient (Wildman–Crippen LogP) is 2.13. The van der Waals surface area contributed by atoms with Gasteiger partial charge in [0.2, 0.25) is 0 Å². The van der Waals surface area contributed by atoms with Crippen molar-refractivity contribution in [3.63, 3.8) is 0 Å². The fourth-order valence-corrected chi connectivity index (χ4v) is 2.51. The first kappa shape index (κ1) is 15.1. The van der Waals surface area contributed by atoms with E-state index in [9.17, 15) is 4.79 Å². The molecule has 0 aliphatic carbocycles. The second-order valence-corrected chi connectivity index (χ2v) is 4.97. The highest BCUT2D eigenvalue weighted by atomic mass is 32.1. The van der Waals surface area contributed by atoms with Crippen LogP contribution in [-0.4, -0.2) is 32.2 Å². The van der Waals surface area contributed by atoms with Gasteiger partial charge in [0, 0.05) is 12.4 Å². The molecular formula is C14H17N3O3S. The second-order valence-electron chi connectivity index (χ2n) is 4.11. The fraction of sp³-hybridized carbons (Fsp3) is 0.286. The van der Waals surface area contributed by atoms with Gasteiger partial charge in [-0.2, -0.15) is 0 Å². The van der Waals surface area contributed by atoms with Crippen molar-refractivity contribution in [2.75, 3.05) is 26.6 Å². The van der Waals surface area contributed by atoms with Gasteiger partial charge in [0.05, 0.1) is 26.5 Å². The molecule has 0 fully saturated rings. The maximum atomic E-state index is 12.3. The topological polar surface area (TPSA) is 72.5 Å². The Bertz CT molecular complexity index is 605. The Morgan fingerprint density at radius 1 is 1.29 bits per heavy atom. The van der Waals surface area contributed by atoms with E-state index in [0.29, 0.717) is 23.6 Å². The van der Waals surface area contributed by atoms with Crippen molar-refractivity contribution in [1.82, 2.24) is 10.3 Å². The first-order valence-electron chi connectivity index (χ1n) is 6.31. The van der Waals surface area contributed by atoms with E-state index in [4.69, 9.17) is 9.47 Å². The number of rotatable bonds is 6. The van der Waals surface area contributed by atoms with E-state index in [1.165, 1.54) is 25.6 Å². The van der Waals surface area contributed by atoms with Gasteiger partial charge >= 0.3 is 0 Å². The SMILES string of the molecule is CNc1nc(CNC(=O)c2c(OC)cccc2OC)cs1. The summed E-state index contributed by atoms with van der Waals surface area (Å²) in [5.74, 6) is 0.686. The molecule has 1 aromatic carbocycles. The molecule has 0 saturated carbocycles. The summed E-state index contributed by atoms with van der Waals surface area (Å²) in [4.78, 5) is 16.7. The molecule has 1 amide bonds. The standard InChI is InChI=1S/C14H17N3O3S/c1-15-14-17-9(8-21-14)7-16-13(18)12-10(19-2)5-4-6-11(12)20-3/h4-6,8H,7H2,1-3H3,(H,15,17)(H,16,18). The van der Waals surface area contributed by atoms with Crippen molar-refractivity contribution < 1.29 is 14.3 Å². The molecule has 0 aliphatic rings. The number of nitrogens with one attached hydrogen (secondary N) is 2. The lowest BCUT2D eigenvalue weighted by Gasteiger charge is -2.12. The number of aromatic nitrogens is 1. The number of amides is 1.